The van der Waals surface area contributed by atoms with Crippen LogP contribution in [0.25, 0.3) is 0 Å². The molecule has 2 N–H and O–H groups in total. The molecule has 1 aromatic carbocycles. The maximum absolute atomic E-state index is 12.8. The maximum atomic E-state index is 12.8. The number of halogens is 3. The molecule has 0 saturated carbocycles. The third-order valence-electron chi connectivity index (χ3n) is 2.55. The van der Waals surface area contributed by atoms with Crippen LogP contribution in [0, 0.1) is 27.4 Å². The Morgan fingerprint density at radius 2 is 2.14 bits per heavy atom. The molecule has 1 aromatic rings. The fourth-order valence-electron chi connectivity index (χ4n) is 1.47. The Bertz CT molecular complexity index is 625. The van der Waals surface area contributed by atoms with Gasteiger partial charge in [0.1, 0.15) is 5.56 Å². The number of nitrogens with one attached hydrogen (secondary N) is 2. The molecule has 0 saturated heterocycles. The molecule has 0 unspecified atom stereocenters. The van der Waals surface area contributed by atoms with E-state index in [2.05, 4.69) is 10.6 Å². The Hall–Kier alpha value is -2.83. The van der Waals surface area contributed by atoms with E-state index in [0.717, 1.165) is 6.07 Å². The highest BCUT2D eigenvalue weighted by Crippen LogP contribution is 2.37. The predicted molar refractivity (Wildman–Crippen MR) is 69.9 cm³/mol. The summed E-state index contributed by atoms with van der Waals surface area (Å²) in [6.45, 7) is 1.56. The van der Waals surface area contributed by atoms with E-state index in [1.54, 1.807) is 6.92 Å². The summed E-state index contributed by atoms with van der Waals surface area (Å²) < 4.78 is 38.3. The first-order chi connectivity index (χ1) is 10.1. The molecule has 0 bridgehead atoms. The molecule has 7 nitrogen and oxygen atoms in total. The largest absolute Gasteiger partial charge is 0.423 e. The van der Waals surface area contributed by atoms with E-state index >= 15 is 0 Å². The summed E-state index contributed by atoms with van der Waals surface area (Å²) in [6, 6.07) is 3.18. The van der Waals surface area contributed by atoms with Crippen LogP contribution in [-0.2, 0) is 6.18 Å². The quantitative estimate of drug-likeness (QED) is 0.657. The highest BCUT2D eigenvalue weighted by Gasteiger charge is 2.38. The van der Waals surface area contributed by atoms with Crippen LogP contribution in [-0.4, -0.2) is 17.5 Å². The first-order valence-corrected chi connectivity index (χ1v) is 5.95. The third kappa shape index (κ3) is 4.62. The average Bonchev–Trinajstić information content (AvgIpc) is 2.43. The minimum Gasteiger partial charge on any atom is -0.337 e. The number of hydrogen-bond donors (Lipinski definition) is 2. The van der Waals surface area contributed by atoms with Crippen molar-refractivity contribution in [3.63, 3.8) is 0 Å². The van der Waals surface area contributed by atoms with Gasteiger partial charge in [0.2, 0.25) is 0 Å². The van der Waals surface area contributed by atoms with Crippen molar-refractivity contribution in [3.05, 3.63) is 33.9 Å². The van der Waals surface area contributed by atoms with Crippen LogP contribution in [0.2, 0.25) is 0 Å². The van der Waals surface area contributed by atoms with Crippen LogP contribution in [0.1, 0.15) is 12.5 Å². The van der Waals surface area contributed by atoms with E-state index < -0.39 is 34.3 Å². The van der Waals surface area contributed by atoms with Crippen molar-refractivity contribution in [2.45, 2.75) is 13.1 Å². The Morgan fingerprint density at radius 3 is 2.64 bits per heavy atom. The molecule has 0 radical (unpaired) electrons. The van der Waals surface area contributed by atoms with Crippen molar-refractivity contribution >= 4 is 17.4 Å². The number of nitro groups is 1. The van der Waals surface area contributed by atoms with Gasteiger partial charge in [0.15, 0.2) is 0 Å². The molecule has 0 aliphatic carbocycles. The van der Waals surface area contributed by atoms with E-state index in [4.69, 9.17) is 5.26 Å². The van der Waals surface area contributed by atoms with Gasteiger partial charge in [-0.2, -0.15) is 18.4 Å². The van der Waals surface area contributed by atoms with Gasteiger partial charge in [-0.3, -0.25) is 10.1 Å². The zero-order chi connectivity index (χ0) is 16.9. The number of hydrogen-bond acceptors (Lipinski definition) is 4. The number of rotatable bonds is 4. The minimum absolute atomic E-state index is 0.0153. The van der Waals surface area contributed by atoms with Crippen molar-refractivity contribution in [1.29, 1.82) is 5.26 Å². The lowest BCUT2D eigenvalue weighted by molar-refractivity contribution is -0.388. The second kappa shape index (κ2) is 6.75. The fraction of sp³-hybridized carbons (Fsp3) is 0.333. The van der Waals surface area contributed by atoms with Crippen LogP contribution in [0.3, 0.4) is 0 Å². The van der Waals surface area contributed by atoms with Gasteiger partial charge in [0, 0.05) is 18.3 Å². The Morgan fingerprint density at radius 1 is 1.50 bits per heavy atom. The number of anilines is 1. The zero-order valence-corrected chi connectivity index (χ0v) is 11.3. The first-order valence-electron chi connectivity index (χ1n) is 5.95. The van der Waals surface area contributed by atoms with Crippen LogP contribution in [0.5, 0.6) is 0 Å². The molecule has 0 aromatic heterocycles. The number of nitro benzene ring substituents is 1. The number of nitriles is 1. The summed E-state index contributed by atoms with van der Waals surface area (Å²) in [5.41, 5.74) is -2.81. The summed E-state index contributed by atoms with van der Waals surface area (Å²) in [5.74, 6) is -0.464. The van der Waals surface area contributed by atoms with Gasteiger partial charge in [-0.25, -0.2) is 4.79 Å². The Kier molecular flexibility index (Phi) is 5.28. The van der Waals surface area contributed by atoms with E-state index in [0.29, 0.717) is 12.1 Å². The molecule has 0 fully saturated rings. The molecule has 22 heavy (non-hydrogen) atoms. The number of amides is 2. The lowest BCUT2D eigenvalue weighted by Gasteiger charge is -2.11. The van der Waals surface area contributed by atoms with Crippen molar-refractivity contribution in [3.8, 4) is 6.07 Å². The highest BCUT2D eigenvalue weighted by molar-refractivity contribution is 5.89. The predicted octanol–water partition coefficient (Wildman–Crippen LogP) is 2.89. The topological polar surface area (TPSA) is 108 Å². The minimum atomic E-state index is -4.92. The molecule has 0 aliphatic rings. The standard InChI is InChI=1S/C12H11F3N4O3/c1-7(5-16)6-17-11(20)18-8-2-3-10(19(21)22)9(4-8)12(13,14)15/h2-4,7H,6H2,1H3,(H2,17,18,20)/t7-/m1/s1. The van der Waals surface area contributed by atoms with E-state index in [-0.39, 0.29) is 12.2 Å². The average molecular weight is 316 g/mol. The Labute approximate surface area is 122 Å². The van der Waals surface area contributed by atoms with Crippen molar-refractivity contribution < 1.29 is 22.9 Å². The van der Waals surface area contributed by atoms with Gasteiger partial charge in [-0.1, -0.05) is 0 Å². The van der Waals surface area contributed by atoms with E-state index in [1.807, 2.05) is 6.07 Å². The molecule has 1 rings (SSSR count). The lowest BCUT2D eigenvalue weighted by atomic mass is 10.1. The molecule has 10 heteroatoms. The smallest absolute Gasteiger partial charge is 0.337 e. The van der Waals surface area contributed by atoms with Gasteiger partial charge >= 0.3 is 12.2 Å². The molecule has 118 valence electrons. The van der Waals surface area contributed by atoms with Crippen LogP contribution in [0.4, 0.5) is 29.3 Å². The zero-order valence-electron chi connectivity index (χ0n) is 11.3. The number of benzene rings is 1. The molecule has 2 amide bonds. The number of urea groups is 1. The number of carbonyl (C=O) groups excluding carboxylic acids is 1. The number of carbonyl (C=O) groups is 1. The van der Waals surface area contributed by atoms with Crippen molar-refractivity contribution in [2.75, 3.05) is 11.9 Å². The molecule has 0 spiro atoms. The summed E-state index contributed by atoms with van der Waals surface area (Å²) in [4.78, 5) is 20.9. The van der Waals surface area contributed by atoms with Gasteiger partial charge < -0.3 is 10.6 Å². The molecule has 0 heterocycles. The normalized spacial score (nSPS) is 12.1. The van der Waals surface area contributed by atoms with Crippen LogP contribution < -0.4 is 10.6 Å². The second-order valence-corrected chi connectivity index (χ2v) is 4.35. The van der Waals surface area contributed by atoms with Gasteiger partial charge in [-0.05, 0) is 19.1 Å². The summed E-state index contributed by atoms with van der Waals surface area (Å²) >= 11 is 0. The number of nitrogens with zero attached hydrogens (tertiary/aromatic N) is 2. The third-order valence-corrected chi connectivity index (χ3v) is 2.55. The monoisotopic (exact) mass is 316 g/mol. The lowest BCUT2D eigenvalue weighted by Crippen LogP contribution is -2.32. The summed E-state index contributed by atoms with van der Waals surface area (Å²) in [7, 11) is 0. The van der Waals surface area contributed by atoms with Crippen LogP contribution >= 0.6 is 0 Å². The Balaban J connectivity index is 2.92. The molecule has 1 atom stereocenters. The second-order valence-electron chi connectivity index (χ2n) is 4.35. The summed E-state index contributed by atoms with van der Waals surface area (Å²) in [6.07, 6.45) is -4.92. The van der Waals surface area contributed by atoms with Crippen LogP contribution in [0.15, 0.2) is 18.2 Å². The van der Waals surface area contributed by atoms with Crippen molar-refractivity contribution in [1.82, 2.24) is 5.32 Å². The molecule has 0 aliphatic heterocycles. The highest BCUT2D eigenvalue weighted by atomic mass is 19.4. The maximum Gasteiger partial charge on any atom is 0.423 e. The fourth-order valence-corrected chi connectivity index (χ4v) is 1.47. The van der Waals surface area contributed by atoms with E-state index in [9.17, 15) is 28.1 Å². The van der Waals surface area contributed by atoms with Gasteiger partial charge in [0.25, 0.3) is 5.69 Å². The van der Waals surface area contributed by atoms with Gasteiger partial charge in [0.05, 0.1) is 16.9 Å². The first kappa shape index (κ1) is 17.2. The molecular weight excluding hydrogens is 305 g/mol. The van der Waals surface area contributed by atoms with E-state index in [1.165, 1.54) is 0 Å². The summed E-state index contributed by atoms with van der Waals surface area (Å²) in [5, 5.41) is 23.5. The van der Waals surface area contributed by atoms with Crippen molar-refractivity contribution in [2.24, 2.45) is 5.92 Å². The SMILES string of the molecule is C[C@H](C#N)CNC(=O)Nc1ccc([N+](=O)[O-])c(C(F)(F)F)c1. The number of alkyl halides is 3. The van der Waals surface area contributed by atoms with Gasteiger partial charge in [-0.15, -0.1) is 0 Å². The molecular formula is C12H11F3N4O3.